The highest BCUT2D eigenvalue weighted by Gasteiger charge is 2.62. The zero-order valence-electron chi connectivity index (χ0n) is 35.2. The lowest BCUT2D eigenvalue weighted by Gasteiger charge is -2.34. The fraction of sp³-hybridized carbons (Fsp3) is 0.523. The van der Waals surface area contributed by atoms with Gasteiger partial charge in [0.2, 0.25) is 33.3 Å². The normalized spacial score (nSPS) is 27.7. The van der Waals surface area contributed by atoms with Gasteiger partial charge in [-0.05, 0) is 93.9 Å². The maximum absolute atomic E-state index is 14.9. The third-order valence-corrected chi connectivity index (χ3v) is 14.1. The van der Waals surface area contributed by atoms with Gasteiger partial charge >= 0.3 is 12.3 Å². The molecule has 3 aromatic rings. The van der Waals surface area contributed by atoms with Crippen molar-refractivity contribution in [3.63, 3.8) is 0 Å². The third-order valence-electron chi connectivity index (χ3n) is 12.3. The largest absolute Gasteiger partial charge is 0.497 e. The highest BCUT2D eigenvalue weighted by molar-refractivity contribution is 7.91. The van der Waals surface area contributed by atoms with Crippen LogP contribution in [0.3, 0.4) is 0 Å². The molecule has 3 heterocycles. The summed E-state index contributed by atoms with van der Waals surface area (Å²) < 4.78 is 86.5. The van der Waals surface area contributed by atoms with E-state index in [9.17, 15) is 40.8 Å². The van der Waals surface area contributed by atoms with Crippen LogP contribution >= 0.6 is 0 Å². The van der Waals surface area contributed by atoms with Gasteiger partial charge in [-0.3, -0.25) is 19.1 Å². The summed E-state index contributed by atoms with van der Waals surface area (Å²) in [5, 5.41) is 5.83. The predicted molar refractivity (Wildman–Crippen MR) is 222 cm³/mol. The number of aromatic nitrogens is 1. The van der Waals surface area contributed by atoms with Gasteiger partial charge < -0.3 is 29.7 Å². The molecular formula is C44H52F3N5O9S. The number of amides is 4. The summed E-state index contributed by atoms with van der Waals surface area (Å²) in [5.74, 6) is -2.93. The van der Waals surface area contributed by atoms with Crippen LogP contribution in [0.5, 0.6) is 11.6 Å². The zero-order valence-corrected chi connectivity index (χ0v) is 36.0. The lowest BCUT2D eigenvalue weighted by Crippen LogP contribution is -2.59. The van der Waals surface area contributed by atoms with E-state index in [1.54, 1.807) is 32.2 Å². The van der Waals surface area contributed by atoms with Crippen LogP contribution < -0.4 is 24.8 Å². The fourth-order valence-corrected chi connectivity index (χ4v) is 9.64. The molecule has 334 valence electrons. The van der Waals surface area contributed by atoms with Gasteiger partial charge in [-0.2, -0.15) is 13.2 Å². The highest BCUT2D eigenvalue weighted by atomic mass is 32.2. The van der Waals surface area contributed by atoms with E-state index in [0.717, 1.165) is 10.9 Å². The second-order valence-corrected chi connectivity index (χ2v) is 19.5. The molecule has 2 saturated carbocycles. The van der Waals surface area contributed by atoms with Crippen LogP contribution in [0.2, 0.25) is 0 Å². The van der Waals surface area contributed by atoms with E-state index in [-0.39, 0.29) is 31.2 Å². The molecule has 7 atom stereocenters. The molecule has 4 aliphatic rings. The number of carbonyl (C=O) groups is 4. The van der Waals surface area contributed by atoms with E-state index < -0.39 is 86.4 Å². The molecule has 4 amide bonds. The highest BCUT2D eigenvalue weighted by Crippen LogP contribution is 2.46. The lowest BCUT2D eigenvalue weighted by molar-refractivity contribution is -0.244. The van der Waals surface area contributed by atoms with E-state index >= 15 is 0 Å². The first kappa shape index (κ1) is 44.7. The van der Waals surface area contributed by atoms with Crippen molar-refractivity contribution < 1.29 is 55.0 Å². The molecule has 2 aromatic carbocycles. The molecule has 62 heavy (non-hydrogen) atoms. The first-order chi connectivity index (χ1) is 29.2. The number of pyridine rings is 1. The quantitative estimate of drug-likeness (QED) is 0.210. The number of hydrogen-bond acceptors (Lipinski definition) is 10. The Hall–Kier alpha value is -5.39. The summed E-state index contributed by atoms with van der Waals surface area (Å²) in [7, 11) is -2.46. The van der Waals surface area contributed by atoms with E-state index in [1.165, 1.54) is 4.90 Å². The molecule has 1 saturated heterocycles. The van der Waals surface area contributed by atoms with Crippen molar-refractivity contribution in [3.05, 3.63) is 66.7 Å². The summed E-state index contributed by atoms with van der Waals surface area (Å²) >= 11 is 0. The van der Waals surface area contributed by atoms with Gasteiger partial charge in [-0.1, -0.05) is 56.3 Å². The number of rotatable bonds is 9. The molecule has 0 bridgehead atoms. The van der Waals surface area contributed by atoms with Gasteiger partial charge in [0, 0.05) is 23.3 Å². The van der Waals surface area contributed by atoms with Gasteiger partial charge in [0.25, 0.3) is 5.91 Å². The fourth-order valence-electron chi connectivity index (χ4n) is 8.28. The molecule has 3 fully saturated rings. The van der Waals surface area contributed by atoms with Crippen LogP contribution in [0.25, 0.3) is 22.0 Å². The Balaban J connectivity index is 1.26. The molecule has 3 N–H and O–H groups in total. The van der Waals surface area contributed by atoms with Crippen molar-refractivity contribution in [2.24, 2.45) is 17.8 Å². The maximum atomic E-state index is 14.9. The Morgan fingerprint density at radius 3 is 2.40 bits per heavy atom. The number of hydrogen-bond donors (Lipinski definition) is 3. The van der Waals surface area contributed by atoms with Crippen molar-refractivity contribution in [2.75, 3.05) is 13.7 Å². The van der Waals surface area contributed by atoms with Crippen molar-refractivity contribution in [1.82, 2.24) is 25.2 Å². The summed E-state index contributed by atoms with van der Waals surface area (Å²) in [4.78, 5) is 62.7. The lowest BCUT2D eigenvalue weighted by atomic mass is 9.88. The zero-order chi connectivity index (χ0) is 44.8. The monoisotopic (exact) mass is 883 g/mol. The van der Waals surface area contributed by atoms with E-state index in [1.807, 2.05) is 55.5 Å². The van der Waals surface area contributed by atoms with Gasteiger partial charge in [0.15, 0.2) is 0 Å². The van der Waals surface area contributed by atoms with E-state index in [2.05, 4.69) is 15.4 Å². The Labute approximate surface area is 358 Å². The molecule has 2 aliphatic heterocycles. The number of benzene rings is 2. The average Bonchev–Trinajstić information content (AvgIpc) is 4.14. The molecule has 0 unspecified atom stereocenters. The van der Waals surface area contributed by atoms with Gasteiger partial charge in [-0.15, -0.1) is 0 Å². The number of sulfonamides is 1. The first-order valence-corrected chi connectivity index (χ1v) is 22.4. The Morgan fingerprint density at radius 2 is 1.73 bits per heavy atom. The number of ether oxygens (including phenoxy) is 3. The number of nitrogens with one attached hydrogen (secondary N) is 3. The van der Waals surface area contributed by atoms with E-state index in [0.29, 0.717) is 62.8 Å². The molecule has 0 spiro atoms. The van der Waals surface area contributed by atoms with Crippen molar-refractivity contribution in [3.8, 4) is 22.9 Å². The minimum absolute atomic E-state index is 0.0458. The molecule has 2 aliphatic carbocycles. The topological polar surface area (TPSA) is 182 Å². The number of methoxy groups -OCH3 is 1. The molecule has 7 rings (SSSR count). The van der Waals surface area contributed by atoms with Crippen LogP contribution in [0, 0.1) is 17.8 Å². The number of alkyl halides is 3. The third kappa shape index (κ3) is 9.49. The number of alkyl carbamates (subject to hydrolysis) is 1. The number of halogens is 3. The van der Waals surface area contributed by atoms with Gasteiger partial charge in [0.05, 0.1) is 24.6 Å². The second-order valence-electron chi connectivity index (χ2n) is 17.5. The van der Waals surface area contributed by atoms with E-state index in [4.69, 9.17) is 19.2 Å². The van der Waals surface area contributed by atoms with Crippen LogP contribution in [-0.2, 0) is 29.1 Å². The second kappa shape index (κ2) is 17.1. The first-order valence-electron chi connectivity index (χ1n) is 20.8. The van der Waals surface area contributed by atoms with Gasteiger partial charge in [-0.25, -0.2) is 18.2 Å². The Morgan fingerprint density at radius 1 is 1.00 bits per heavy atom. The van der Waals surface area contributed by atoms with Crippen LogP contribution in [0.1, 0.15) is 72.6 Å². The number of fused-ring (bicyclic) bond motifs is 3. The van der Waals surface area contributed by atoms with Crippen molar-refractivity contribution in [1.29, 1.82) is 0 Å². The minimum atomic E-state index is -4.92. The number of nitrogens with zero attached hydrogens (tertiary/aromatic N) is 2. The maximum Gasteiger partial charge on any atom is 0.427 e. The molecule has 0 radical (unpaired) electrons. The SMILES string of the molecule is COc1ccc2c(O[C@@H]3C[C@H]4C(=O)N[C@]5(C(=O)NS(=O)(=O)C6CC6)C[C@H]5/C=C\CC[C@H](C)C[C@@H](C)[C@H](NC(=O)OC(C)(C)C(F)(F)F)C(=O)N4C3)nc(-c3ccccc3)cc2c1. The standard InChI is InChI=1S/C44H52F3N5O9S/c1-25-11-9-10-14-29-23-43(29,40(55)51-62(57,58)32-16-17-32)50-37(53)35-22-31(24-52(35)39(54)36(26(2)19-25)49-41(56)61-42(3,4)44(45,46)47)60-38-33-18-15-30(59-5)20-28(33)21-34(48-38)27-12-7-6-8-13-27/h6-8,10,12-15,18,20-21,25-26,29,31-32,35-36H,9,11,16-17,19,22-24H2,1-5H3,(H,49,56)(H,50,53)(H,51,55)/b14-10-/t25-,26+,29+,31+,35-,36-,43+/m0/s1. The number of allylic oxidation sites excluding steroid dienone is 1. The van der Waals surface area contributed by atoms with Crippen LogP contribution in [0.4, 0.5) is 18.0 Å². The smallest absolute Gasteiger partial charge is 0.427 e. The average molecular weight is 884 g/mol. The molecular weight excluding hydrogens is 832 g/mol. The van der Waals surface area contributed by atoms with Gasteiger partial charge in [0.1, 0.15) is 29.5 Å². The summed E-state index contributed by atoms with van der Waals surface area (Å²) in [6.07, 6.45) is -1.35. The summed E-state index contributed by atoms with van der Waals surface area (Å²) in [5.41, 5.74) is -3.19. The summed E-state index contributed by atoms with van der Waals surface area (Å²) in [6, 6.07) is 13.8. The number of carbonyl (C=O) groups excluding carboxylic acids is 4. The predicted octanol–water partition coefficient (Wildman–Crippen LogP) is 6.19. The van der Waals surface area contributed by atoms with Crippen LogP contribution in [0.15, 0.2) is 66.7 Å². The molecule has 1 aromatic heterocycles. The van der Waals surface area contributed by atoms with Crippen LogP contribution in [-0.4, -0.2) is 96.5 Å². The minimum Gasteiger partial charge on any atom is -0.497 e. The van der Waals surface area contributed by atoms with Crippen molar-refractivity contribution >= 4 is 44.6 Å². The Bertz CT molecular complexity index is 2360. The Kier molecular flexibility index (Phi) is 12.3. The molecule has 14 nitrogen and oxygen atoms in total. The molecule has 18 heteroatoms. The van der Waals surface area contributed by atoms with Crippen molar-refractivity contribution in [2.45, 2.75) is 113 Å². The summed E-state index contributed by atoms with van der Waals surface area (Å²) in [6.45, 7) is 4.79.